The quantitative estimate of drug-likeness (QED) is 0.657. The number of phenolic OH excluding ortho intramolecular Hbond substituents is 1. The number of ether oxygens (including phenoxy) is 2. The van der Waals surface area contributed by atoms with Crippen LogP contribution in [0.25, 0.3) is 0 Å². The van der Waals surface area contributed by atoms with E-state index in [0.29, 0.717) is 23.5 Å². The van der Waals surface area contributed by atoms with Gasteiger partial charge in [-0.05, 0) is 29.3 Å². The summed E-state index contributed by atoms with van der Waals surface area (Å²) in [5.41, 5.74) is 1.55. The van der Waals surface area contributed by atoms with E-state index in [1.807, 2.05) is 0 Å². The maximum atomic E-state index is 11.0. The fourth-order valence-corrected chi connectivity index (χ4v) is 2.58. The van der Waals surface area contributed by atoms with Crippen LogP contribution in [-0.4, -0.2) is 22.3 Å². The summed E-state index contributed by atoms with van der Waals surface area (Å²) in [5, 5.41) is 19.9. The number of aromatic hydroxyl groups is 1. The van der Waals surface area contributed by atoms with Gasteiger partial charge in [0, 0.05) is 19.4 Å². The van der Waals surface area contributed by atoms with Crippen LogP contribution in [0.15, 0.2) is 42.5 Å². The fourth-order valence-electron chi connectivity index (χ4n) is 2.58. The number of rotatable bonds is 2. The molecule has 0 saturated carbocycles. The van der Waals surface area contributed by atoms with Crippen LogP contribution in [0.5, 0.6) is 17.2 Å². The Balaban J connectivity index is 1.90. The zero-order valence-corrected chi connectivity index (χ0v) is 12.0. The van der Waals surface area contributed by atoms with Crippen LogP contribution >= 0.6 is 0 Å². The molecule has 0 bridgehead atoms. The number of esters is 1. The Morgan fingerprint density at radius 1 is 1.27 bits per heavy atom. The highest BCUT2D eigenvalue weighted by atomic mass is 16.5. The molecule has 0 radical (unpaired) electrons. The van der Waals surface area contributed by atoms with Crippen LogP contribution in [0.3, 0.4) is 0 Å². The minimum absolute atomic E-state index is 0.113. The lowest BCUT2D eigenvalue weighted by Gasteiger charge is -2.31. The summed E-state index contributed by atoms with van der Waals surface area (Å²) >= 11 is 0. The van der Waals surface area contributed by atoms with Gasteiger partial charge in [-0.1, -0.05) is 18.2 Å². The molecule has 5 nitrogen and oxygen atoms in total. The van der Waals surface area contributed by atoms with Gasteiger partial charge < -0.3 is 19.7 Å². The van der Waals surface area contributed by atoms with E-state index in [1.165, 1.54) is 13.0 Å². The van der Waals surface area contributed by atoms with Crippen molar-refractivity contribution in [2.45, 2.75) is 25.6 Å². The first-order valence-corrected chi connectivity index (χ1v) is 6.98. The van der Waals surface area contributed by atoms with E-state index >= 15 is 0 Å². The minimum Gasteiger partial charge on any atom is -0.508 e. The normalized spacial score (nSPS) is 19.9. The highest BCUT2D eigenvalue weighted by Crippen LogP contribution is 2.37. The lowest BCUT2D eigenvalue weighted by Crippen LogP contribution is -2.30. The third-order valence-corrected chi connectivity index (χ3v) is 3.53. The Morgan fingerprint density at radius 3 is 2.86 bits per heavy atom. The molecule has 22 heavy (non-hydrogen) atoms. The number of hydrogen-bond donors (Lipinski definition) is 2. The van der Waals surface area contributed by atoms with Crippen molar-refractivity contribution in [2.24, 2.45) is 0 Å². The Hall–Kier alpha value is -2.53. The van der Waals surface area contributed by atoms with E-state index < -0.39 is 18.2 Å². The van der Waals surface area contributed by atoms with Gasteiger partial charge in [-0.15, -0.1) is 0 Å². The lowest BCUT2D eigenvalue weighted by molar-refractivity contribution is -0.131. The van der Waals surface area contributed by atoms with Crippen LogP contribution in [0.4, 0.5) is 0 Å². The van der Waals surface area contributed by atoms with Crippen molar-refractivity contribution in [1.29, 1.82) is 0 Å². The number of aliphatic hydroxyl groups excluding tert-OH is 1. The summed E-state index contributed by atoms with van der Waals surface area (Å²) in [5.74, 6) is 0.663. The van der Waals surface area contributed by atoms with Gasteiger partial charge in [0.15, 0.2) is 0 Å². The maximum Gasteiger partial charge on any atom is 0.308 e. The molecule has 114 valence electrons. The Bertz CT molecular complexity index is 710. The highest BCUT2D eigenvalue weighted by Gasteiger charge is 2.30. The number of phenols is 1. The Kier molecular flexibility index (Phi) is 3.73. The van der Waals surface area contributed by atoms with E-state index in [9.17, 15) is 15.0 Å². The predicted octanol–water partition coefficient (Wildman–Crippen LogP) is 2.35. The van der Waals surface area contributed by atoms with Crippen molar-refractivity contribution in [1.82, 2.24) is 0 Å². The van der Waals surface area contributed by atoms with E-state index in [2.05, 4.69) is 0 Å². The van der Waals surface area contributed by atoms with Gasteiger partial charge in [-0.3, -0.25) is 4.79 Å². The second kappa shape index (κ2) is 5.69. The predicted molar refractivity (Wildman–Crippen MR) is 78.9 cm³/mol. The molecule has 0 amide bonds. The molecule has 3 rings (SSSR count). The number of hydrogen-bond acceptors (Lipinski definition) is 5. The van der Waals surface area contributed by atoms with E-state index in [4.69, 9.17) is 9.47 Å². The second-order valence-corrected chi connectivity index (χ2v) is 5.27. The molecule has 0 aliphatic carbocycles. The first-order valence-electron chi connectivity index (χ1n) is 6.98. The standard InChI is InChI=1S/C17H16O5/c1-10(18)21-14-4-2-3-12(7-14)17-15(20)8-11-5-6-13(19)9-16(11)22-17/h2-7,9,15,17,19-20H,8H2,1H3/t15-,17-/m1/s1. The first-order chi connectivity index (χ1) is 10.5. The molecule has 2 aromatic carbocycles. The lowest BCUT2D eigenvalue weighted by atomic mass is 9.94. The van der Waals surface area contributed by atoms with Crippen molar-refractivity contribution in [3.8, 4) is 17.2 Å². The van der Waals surface area contributed by atoms with Gasteiger partial charge >= 0.3 is 5.97 Å². The van der Waals surface area contributed by atoms with Gasteiger partial charge in [-0.2, -0.15) is 0 Å². The number of fused-ring (bicyclic) bond motifs is 1. The fraction of sp³-hybridized carbons (Fsp3) is 0.235. The molecule has 2 N–H and O–H groups in total. The molecule has 0 spiro atoms. The number of carbonyl (C=O) groups excluding carboxylic acids is 1. The minimum atomic E-state index is -0.718. The second-order valence-electron chi connectivity index (χ2n) is 5.27. The van der Waals surface area contributed by atoms with Crippen molar-refractivity contribution in [3.05, 3.63) is 53.6 Å². The third-order valence-electron chi connectivity index (χ3n) is 3.53. The Morgan fingerprint density at radius 2 is 2.09 bits per heavy atom. The van der Waals surface area contributed by atoms with Crippen LogP contribution in [-0.2, 0) is 11.2 Å². The SMILES string of the molecule is CC(=O)Oc1cccc([C@H]2Oc3cc(O)ccc3C[C@H]2O)c1. The molecule has 0 unspecified atom stereocenters. The molecular weight excluding hydrogens is 284 g/mol. The highest BCUT2D eigenvalue weighted by molar-refractivity contribution is 5.69. The molecule has 2 aromatic rings. The van der Waals surface area contributed by atoms with E-state index in [-0.39, 0.29) is 5.75 Å². The summed E-state index contributed by atoms with van der Waals surface area (Å²) < 4.78 is 10.9. The largest absolute Gasteiger partial charge is 0.508 e. The topological polar surface area (TPSA) is 76.0 Å². The maximum absolute atomic E-state index is 11.0. The Labute approximate surface area is 127 Å². The molecule has 1 heterocycles. The van der Waals surface area contributed by atoms with Gasteiger partial charge in [0.25, 0.3) is 0 Å². The monoisotopic (exact) mass is 300 g/mol. The van der Waals surface area contributed by atoms with Crippen molar-refractivity contribution in [3.63, 3.8) is 0 Å². The summed E-state index contributed by atoms with van der Waals surface area (Å²) in [6.45, 7) is 1.33. The zero-order valence-electron chi connectivity index (χ0n) is 12.0. The van der Waals surface area contributed by atoms with Crippen molar-refractivity contribution < 1.29 is 24.5 Å². The number of aliphatic hydroxyl groups is 1. The van der Waals surface area contributed by atoms with E-state index in [0.717, 1.165) is 5.56 Å². The van der Waals surface area contributed by atoms with Crippen LogP contribution in [0.2, 0.25) is 0 Å². The van der Waals surface area contributed by atoms with Gasteiger partial charge in [-0.25, -0.2) is 0 Å². The summed E-state index contributed by atoms with van der Waals surface area (Å²) in [6.07, 6.45) is -0.868. The summed E-state index contributed by atoms with van der Waals surface area (Å²) in [7, 11) is 0. The average molecular weight is 300 g/mol. The molecule has 2 atom stereocenters. The van der Waals surface area contributed by atoms with Crippen molar-refractivity contribution in [2.75, 3.05) is 0 Å². The van der Waals surface area contributed by atoms with Gasteiger partial charge in [0.05, 0.1) is 6.10 Å². The number of carbonyl (C=O) groups is 1. The molecule has 0 aromatic heterocycles. The van der Waals surface area contributed by atoms with Gasteiger partial charge in [0.2, 0.25) is 0 Å². The third kappa shape index (κ3) is 2.89. The molecule has 1 aliphatic heterocycles. The van der Waals surface area contributed by atoms with E-state index in [1.54, 1.807) is 36.4 Å². The van der Waals surface area contributed by atoms with Crippen LogP contribution in [0.1, 0.15) is 24.2 Å². The molecule has 0 fully saturated rings. The summed E-state index contributed by atoms with van der Waals surface area (Å²) in [4.78, 5) is 11.0. The smallest absolute Gasteiger partial charge is 0.308 e. The van der Waals surface area contributed by atoms with Crippen LogP contribution < -0.4 is 9.47 Å². The van der Waals surface area contributed by atoms with Crippen molar-refractivity contribution >= 4 is 5.97 Å². The number of benzene rings is 2. The molecule has 5 heteroatoms. The molecular formula is C17H16O5. The van der Waals surface area contributed by atoms with Crippen LogP contribution in [0, 0.1) is 0 Å². The first kappa shape index (κ1) is 14.4. The molecule has 1 aliphatic rings. The molecule has 0 saturated heterocycles. The zero-order chi connectivity index (χ0) is 15.7. The van der Waals surface area contributed by atoms with Gasteiger partial charge in [0.1, 0.15) is 23.4 Å². The average Bonchev–Trinajstić information content (AvgIpc) is 2.46. The summed E-state index contributed by atoms with van der Waals surface area (Å²) in [6, 6.07) is 11.7.